The lowest BCUT2D eigenvalue weighted by atomic mass is 10.2. The number of aromatic nitrogens is 1. The van der Waals surface area contributed by atoms with Gasteiger partial charge >= 0.3 is 0 Å². The van der Waals surface area contributed by atoms with Crippen molar-refractivity contribution in [3.63, 3.8) is 0 Å². The number of benzene rings is 2. The number of halogens is 1. The first-order chi connectivity index (χ1) is 11.3. The Morgan fingerprint density at radius 3 is 2.57 bits per heavy atom. The van der Waals surface area contributed by atoms with E-state index in [0.29, 0.717) is 5.01 Å². The zero-order valence-electron chi connectivity index (χ0n) is 11.9. The second-order valence-electron chi connectivity index (χ2n) is 4.59. The SMILES string of the molecule is N#C/C(=N\Nc1ccc(Br)cc1)c1nc(-c2ccccc2)cs1. The van der Waals surface area contributed by atoms with E-state index in [1.165, 1.54) is 11.3 Å². The van der Waals surface area contributed by atoms with Crippen LogP contribution in [-0.2, 0) is 0 Å². The summed E-state index contributed by atoms with van der Waals surface area (Å²) in [7, 11) is 0. The summed E-state index contributed by atoms with van der Waals surface area (Å²) in [5.41, 5.74) is 5.82. The molecule has 6 heteroatoms. The molecule has 3 aromatic rings. The summed E-state index contributed by atoms with van der Waals surface area (Å²) in [4.78, 5) is 4.50. The molecule has 0 radical (unpaired) electrons. The first-order valence-corrected chi connectivity index (χ1v) is 8.44. The smallest absolute Gasteiger partial charge is 0.196 e. The van der Waals surface area contributed by atoms with E-state index in [2.05, 4.69) is 37.5 Å². The van der Waals surface area contributed by atoms with Crippen LogP contribution in [0.2, 0.25) is 0 Å². The fourth-order valence-corrected chi connectivity index (χ4v) is 2.92. The van der Waals surface area contributed by atoms with Gasteiger partial charge in [-0.25, -0.2) is 4.98 Å². The highest BCUT2D eigenvalue weighted by Gasteiger charge is 2.10. The van der Waals surface area contributed by atoms with Gasteiger partial charge in [0.1, 0.15) is 6.07 Å². The number of rotatable bonds is 4. The van der Waals surface area contributed by atoms with Gasteiger partial charge < -0.3 is 0 Å². The van der Waals surface area contributed by atoms with Gasteiger partial charge in [-0.2, -0.15) is 10.4 Å². The third-order valence-electron chi connectivity index (χ3n) is 3.02. The number of thiazole rings is 1. The van der Waals surface area contributed by atoms with Crippen LogP contribution < -0.4 is 5.43 Å². The summed E-state index contributed by atoms with van der Waals surface area (Å²) in [6.07, 6.45) is 0. The maximum absolute atomic E-state index is 9.32. The zero-order valence-corrected chi connectivity index (χ0v) is 14.3. The predicted molar refractivity (Wildman–Crippen MR) is 97.5 cm³/mol. The van der Waals surface area contributed by atoms with Crippen LogP contribution in [0.4, 0.5) is 5.69 Å². The van der Waals surface area contributed by atoms with Gasteiger partial charge in [0.2, 0.25) is 0 Å². The molecule has 0 saturated heterocycles. The normalized spacial score (nSPS) is 11.0. The van der Waals surface area contributed by atoms with Crippen LogP contribution >= 0.6 is 27.3 Å². The topological polar surface area (TPSA) is 61.1 Å². The molecule has 23 heavy (non-hydrogen) atoms. The van der Waals surface area contributed by atoms with Gasteiger partial charge in [-0.15, -0.1) is 11.3 Å². The summed E-state index contributed by atoms with van der Waals surface area (Å²) >= 11 is 4.78. The third kappa shape index (κ3) is 3.83. The van der Waals surface area contributed by atoms with Crippen LogP contribution in [0.25, 0.3) is 11.3 Å². The zero-order chi connectivity index (χ0) is 16.1. The van der Waals surface area contributed by atoms with E-state index in [9.17, 15) is 5.26 Å². The van der Waals surface area contributed by atoms with Crippen molar-refractivity contribution in [3.05, 3.63) is 69.5 Å². The van der Waals surface area contributed by atoms with Crippen molar-refractivity contribution >= 4 is 38.7 Å². The van der Waals surface area contributed by atoms with E-state index < -0.39 is 0 Å². The molecule has 1 aromatic heterocycles. The van der Waals surface area contributed by atoms with Gasteiger partial charge in [-0.3, -0.25) is 5.43 Å². The average Bonchev–Trinajstić information content (AvgIpc) is 3.08. The van der Waals surface area contributed by atoms with Gasteiger partial charge in [0.05, 0.1) is 11.4 Å². The van der Waals surface area contributed by atoms with Crippen LogP contribution in [0.15, 0.2) is 69.6 Å². The monoisotopic (exact) mass is 382 g/mol. The molecule has 0 unspecified atom stereocenters. The van der Waals surface area contributed by atoms with Crippen molar-refractivity contribution in [2.24, 2.45) is 5.10 Å². The lowest BCUT2D eigenvalue weighted by Crippen LogP contribution is -2.01. The molecule has 1 N–H and O–H groups in total. The highest BCUT2D eigenvalue weighted by Crippen LogP contribution is 2.22. The van der Waals surface area contributed by atoms with Gasteiger partial charge in [0.15, 0.2) is 10.7 Å². The quantitative estimate of drug-likeness (QED) is 0.514. The van der Waals surface area contributed by atoms with Gasteiger partial charge in [-0.1, -0.05) is 46.3 Å². The summed E-state index contributed by atoms with van der Waals surface area (Å²) < 4.78 is 0.986. The van der Waals surface area contributed by atoms with Crippen LogP contribution in [0.3, 0.4) is 0 Å². The van der Waals surface area contributed by atoms with Crippen molar-refractivity contribution in [1.29, 1.82) is 5.26 Å². The van der Waals surface area contributed by atoms with Crippen LogP contribution in [0, 0.1) is 11.3 Å². The maximum atomic E-state index is 9.32. The molecule has 112 valence electrons. The Bertz CT molecular complexity index is 864. The molecule has 0 aliphatic heterocycles. The highest BCUT2D eigenvalue weighted by molar-refractivity contribution is 9.10. The molecule has 0 aliphatic carbocycles. The Morgan fingerprint density at radius 1 is 1.13 bits per heavy atom. The standard InChI is InChI=1S/C17H11BrN4S/c18-13-6-8-14(9-7-13)21-22-15(10-19)17-20-16(11-23-17)12-4-2-1-3-5-12/h1-9,11,21H/b22-15+. The Kier molecular flexibility index (Phi) is 4.81. The summed E-state index contributed by atoms with van der Waals surface area (Å²) in [6.45, 7) is 0. The second kappa shape index (κ2) is 7.18. The molecular formula is C17H11BrN4S. The lowest BCUT2D eigenvalue weighted by Gasteiger charge is -2.00. The Hall–Kier alpha value is -2.49. The molecule has 0 spiro atoms. The largest absolute Gasteiger partial charge is 0.277 e. The van der Waals surface area contributed by atoms with E-state index in [4.69, 9.17) is 0 Å². The van der Waals surface area contributed by atoms with Crippen LogP contribution in [-0.4, -0.2) is 10.7 Å². The first kappa shape index (κ1) is 15.4. The number of hydrazone groups is 1. The molecule has 0 bridgehead atoms. The molecule has 0 fully saturated rings. The van der Waals surface area contributed by atoms with Crippen molar-refractivity contribution in [2.75, 3.05) is 5.43 Å². The molecule has 1 heterocycles. The summed E-state index contributed by atoms with van der Waals surface area (Å²) in [6, 6.07) is 19.5. The van der Waals surface area contributed by atoms with E-state index >= 15 is 0 Å². The minimum absolute atomic E-state index is 0.264. The number of hydrogen-bond donors (Lipinski definition) is 1. The number of nitrogens with one attached hydrogen (secondary N) is 1. The Morgan fingerprint density at radius 2 is 1.87 bits per heavy atom. The van der Waals surface area contributed by atoms with E-state index in [-0.39, 0.29) is 5.71 Å². The van der Waals surface area contributed by atoms with Gasteiger partial charge in [0, 0.05) is 15.4 Å². The molecule has 4 nitrogen and oxygen atoms in total. The van der Waals surface area contributed by atoms with Gasteiger partial charge in [0.25, 0.3) is 0 Å². The van der Waals surface area contributed by atoms with Crippen molar-refractivity contribution in [1.82, 2.24) is 4.98 Å². The molecular weight excluding hydrogens is 372 g/mol. The van der Waals surface area contributed by atoms with E-state index in [0.717, 1.165) is 21.4 Å². The summed E-state index contributed by atoms with van der Waals surface area (Å²) in [5, 5.41) is 16.0. The van der Waals surface area contributed by atoms with E-state index in [1.54, 1.807) is 0 Å². The van der Waals surface area contributed by atoms with Crippen LogP contribution in [0.5, 0.6) is 0 Å². The molecule has 0 amide bonds. The number of anilines is 1. The van der Waals surface area contributed by atoms with E-state index in [1.807, 2.05) is 60.0 Å². The number of nitrogens with zero attached hydrogens (tertiary/aromatic N) is 3. The highest BCUT2D eigenvalue weighted by atomic mass is 79.9. The minimum atomic E-state index is 0.264. The Balaban J connectivity index is 1.81. The molecule has 0 saturated carbocycles. The summed E-state index contributed by atoms with van der Waals surface area (Å²) in [5.74, 6) is 0. The molecule has 2 aromatic carbocycles. The third-order valence-corrected chi connectivity index (χ3v) is 4.40. The second-order valence-corrected chi connectivity index (χ2v) is 6.37. The van der Waals surface area contributed by atoms with Crippen LogP contribution in [0.1, 0.15) is 5.01 Å². The minimum Gasteiger partial charge on any atom is -0.277 e. The van der Waals surface area contributed by atoms with Gasteiger partial charge in [-0.05, 0) is 24.3 Å². The fraction of sp³-hybridized carbons (Fsp3) is 0. The lowest BCUT2D eigenvalue weighted by molar-refractivity contribution is 1.31. The Labute approximate surface area is 146 Å². The van der Waals surface area contributed by atoms with Crippen molar-refractivity contribution in [3.8, 4) is 17.3 Å². The fourth-order valence-electron chi connectivity index (χ4n) is 1.89. The first-order valence-electron chi connectivity index (χ1n) is 6.77. The predicted octanol–water partition coefficient (Wildman–Crippen LogP) is 4.91. The molecule has 0 atom stereocenters. The molecule has 0 aliphatic rings. The van der Waals surface area contributed by atoms with Crippen molar-refractivity contribution in [2.45, 2.75) is 0 Å². The average molecular weight is 383 g/mol. The number of hydrogen-bond acceptors (Lipinski definition) is 5. The maximum Gasteiger partial charge on any atom is 0.196 e. The molecule has 3 rings (SSSR count). The van der Waals surface area contributed by atoms with Crippen molar-refractivity contribution < 1.29 is 0 Å². The number of nitriles is 1.